The number of anilines is 1. The largest absolute Gasteiger partial charge is 0.332 e. The van der Waals surface area contributed by atoms with Crippen molar-refractivity contribution in [3.05, 3.63) is 101 Å². The molecule has 3 nitrogen and oxygen atoms in total. The molecule has 0 saturated heterocycles. The molecule has 0 unspecified atom stereocenters. The minimum absolute atomic E-state index is 0.259. The highest BCUT2D eigenvalue weighted by Crippen LogP contribution is 2.37. The van der Waals surface area contributed by atoms with Crippen LogP contribution >= 0.6 is 23.8 Å². The highest BCUT2D eigenvalue weighted by Gasteiger charge is 2.18. The second kappa shape index (κ2) is 7.56. The van der Waals surface area contributed by atoms with Crippen molar-refractivity contribution in [2.75, 3.05) is 5.32 Å². The van der Waals surface area contributed by atoms with Crippen LogP contribution in [0.3, 0.4) is 0 Å². The monoisotopic (exact) mass is 428 g/mol. The summed E-state index contributed by atoms with van der Waals surface area (Å²) in [6.07, 6.45) is 0.900. The summed E-state index contributed by atoms with van der Waals surface area (Å²) in [4.78, 5) is 12.8. The van der Waals surface area contributed by atoms with Crippen molar-refractivity contribution in [1.29, 1.82) is 0 Å². The fourth-order valence-electron chi connectivity index (χ4n) is 4.03. The molecule has 0 bridgehead atoms. The van der Waals surface area contributed by atoms with Crippen molar-refractivity contribution in [3.8, 4) is 11.1 Å². The smallest absolute Gasteiger partial charge is 0.258 e. The third kappa shape index (κ3) is 3.34. The Hall–Kier alpha value is -3.21. The van der Waals surface area contributed by atoms with Crippen molar-refractivity contribution >= 4 is 51.3 Å². The predicted molar refractivity (Wildman–Crippen MR) is 127 cm³/mol. The lowest BCUT2D eigenvalue weighted by Gasteiger charge is -2.12. The maximum atomic E-state index is 12.8. The molecule has 4 aromatic rings. The number of carbonyl (C=O) groups is 1. The van der Waals surface area contributed by atoms with Gasteiger partial charge in [0.25, 0.3) is 5.91 Å². The first kappa shape index (κ1) is 18.8. The van der Waals surface area contributed by atoms with E-state index in [0.29, 0.717) is 10.6 Å². The Kier molecular flexibility index (Phi) is 4.74. The zero-order valence-corrected chi connectivity index (χ0v) is 17.5. The summed E-state index contributed by atoms with van der Waals surface area (Å²) < 4.78 is 0. The summed E-state index contributed by atoms with van der Waals surface area (Å²) in [5, 5.41) is 8.41. The lowest BCUT2D eigenvalue weighted by Crippen LogP contribution is -2.34. The van der Waals surface area contributed by atoms with Crippen LogP contribution in [0, 0.1) is 0 Å². The SMILES string of the molecule is O=C(NC(=S)Nc1ccc2c(c1)Cc1ccccc1-2)c1cccc2c(Cl)cccc12. The van der Waals surface area contributed by atoms with Crippen LogP contribution in [0.4, 0.5) is 5.69 Å². The Balaban J connectivity index is 1.33. The molecule has 1 amide bonds. The van der Waals surface area contributed by atoms with Gasteiger partial charge in [0.2, 0.25) is 0 Å². The van der Waals surface area contributed by atoms with Crippen LogP contribution in [0.2, 0.25) is 5.02 Å². The van der Waals surface area contributed by atoms with E-state index in [2.05, 4.69) is 47.0 Å². The predicted octanol–water partition coefficient (Wildman–Crippen LogP) is 6.19. The summed E-state index contributed by atoms with van der Waals surface area (Å²) in [5.41, 5.74) is 6.49. The van der Waals surface area contributed by atoms with E-state index in [-0.39, 0.29) is 11.0 Å². The molecular formula is C25H17ClN2OS. The second-order valence-electron chi connectivity index (χ2n) is 7.25. The summed E-state index contributed by atoms with van der Waals surface area (Å²) in [6, 6.07) is 25.6. The zero-order valence-electron chi connectivity index (χ0n) is 15.9. The summed E-state index contributed by atoms with van der Waals surface area (Å²) in [5.74, 6) is -0.270. The molecule has 0 aromatic heterocycles. The van der Waals surface area contributed by atoms with Crippen LogP contribution < -0.4 is 10.6 Å². The number of fused-ring (bicyclic) bond motifs is 4. The number of hydrogen-bond acceptors (Lipinski definition) is 2. The molecule has 0 aliphatic heterocycles. The first-order chi connectivity index (χ1) is 14.6. The molecule has 4 aromatic carbocycles. The van der Waals surface area contributed by atoms with Gasteiger partial charge in [0.05, 0.1) is 0 Å². The Morgan fingerprint density at radius 1 is 0.833 bits per heavy atom. The number of nitrogens with one attached hydrogen (secondary N) is 2. The van der Waals surface area contributed by atoms with E-state index in [1.807, 2.05) is 36.4 Å². The molecule has 0 saturated carbocycles. The average molecular weight is 429 g/mol. The molecule has 0 spiro atoms. The Morgan fingerprint density at radius 3 is 2.50 bits per heavy atom. The van der Waals surface area contributed by atoms with E-state index >= 15 is 0 Å². The molecule has 2 N–H and O–H groups in total. The second-order valence-corrected chi connectivity index (χ2v) is 8.07. The van der Waals surface area contributed by atoms with Crippen LogP contribution in [0.25, 0.3) is 21.9 Å². The van der Waals surface area contributed by atoms with Crippen LogP contribution in [-0.2, 0) is 6.42 Å². The van der Waals surface area contributed by atoms with Crippen molar-refractivity contribution in [1.82, 2.24) is 5.32 Å². The lowest BCUT2D eigenvalue weighted by molar-refractivity contribution is 0.0979. The number of halogens is 1. The maximum Gasteiger partial charge on any atom is 0.258 e. The Bertz CT molecular complexity index is 1330. The highest BCUT2D eigenvalue weighted by atomic mass is 35.5. The Morgan fingerprint density at radius 2 is 1.60 bits per heavy atom. The molecule has 146 valence electrons. The van der Waals surface area contributed by atoms with E-state index in [0.717, 1.165) is 22.9 Å². The molecule has 30 heavy (non-hydrogen) atoms. The molecule has 0 heterocycles. The number of carbonyl (C=O) groups excluding carboxylic acids is 1. The van der Waals surface area contributed by atoms with Gasteiger partial charge in [-0.1, -0.05) is 66.2 Å². The van der Waals surface area contributed by atoms with Crippen LogP contribution in [0.5, 0.6) is 0 Å². The topological polar surface area (TPSA) is 41.1 Å². The first-order valence-electron chi connectivity index (χ1n) is 9.61. The molecule has 5 heteroatoms. The molecular weight excluding hydrogens is 412 g/mol. The molecule has 1 aliphatic rings. The molecule has 0 radical (unpaired) electrons. The summed E-state index contributed by atoms with van der Waals surface area (Å²) >= 11 is 11.6. The normalized spacial score (nSPS) is 11.6. The molecule has 1 aliphatic carbocycles. The van der Waals surface area contributed by atoms with E-state index in [4.69, 9.17) is 23.8 Å². The maximum absolute atomic E-state index is 12.8. The van der Waals surface area contributed by atoms with Gasteiger partial charge in [0, 0.05) is 21.7 Å². The molecule has 0 atom stereocenters. The Labute approximate surface area is 184 Å². The first-order valence-corrected chi connectivity index (χ1v) is 10.4. The zero-order chi connectivity index (χ0) is 20.7. The van der Waals surface area contributed by atoms with Gasteiger partial charge in [-0.3, -0.25) is 10.1 Å². The minimum atomic E-state index is -0.270. The quantitative estimate of drug-likeness (QED) is 0.329. The van der Waals surface area contributed by atoms with Gasteiger partial charge >= 0.3 is 0 Å². The van der Waals surface area contributed by atoms with Gasteiger partial charge in [-0.15, -0.1) is 0 Å². The number of benzene rings is 4. The third-order valence-corrected chi connectivity index (χ3v) is 5.93. The summed E-state index contributed by atoms with van der Waals surface area (Å²) in [7, 11) is 0. The van der Waals surface area contributed by atoms with Gasteiger partial charge < -0.3 is 5.32 Å². The number of thiocarbonyl (C=S) groups is 1. The fourth-order valence-corrected chi connectivity index (χ4v) is 4.47. The van der Waals surface area contributed by atoms with Crippen molar-refractivity contribution in [2.24, 2.45) is 0 Å². The van der Waals surface area contributed by atoms with Crippen molar-refractivity contribution in [2.45, 2.75) is 6.42 Å². The fraction of sp³-hybridized carbons (Fsp3) is 0.0400. The van der Waals surface area contributed by atoms with Gasteiger partial charge in [-0.05, 0) is 70.5 Å². The van der Waals surface area contributed by atoms with Crippen LogP contribution in [-0.4, -0.2) is 11.0 Å². The lowest BCUT2D eigenvalue weighted by atomic mass is 10.0. The van der Waals surface area contributed by atoms with Gasteiger partial charge in [-0.25, -0.2) is 0 Å². The average Bonchev–Trinajstić information content (AvgIpc) is 3.11. The van der Waals surface area contributed by atoms with Gasteiger partial charge in [0.15, 0.2) is 5.11 Å². The van der Waals surface area contributed by atoms with Crippen molar-refractivity contribution in [3.63, 3.8) is 0 Å². The van der Waals surface area contributed by atoms with E-state index in [1.54, 1.807) is 6.07 Å². The van der Waals surface area contributed by atoms with E-state index < -0.39 is 0 Å². The molecule has 0 fully saturated rings. The minimum Gasteiger partial charge on any atom is -0.332 e. The van der Waals surface area contributed by atoms with Crippen molar-refractivity contribution < 1.29 is 4.79 Å². The highest BCUT2D eigenvalue weighted by molar-refractivity contribution is 7.80. The number of amides is 1. The molecule has 5 rings (SSSR count). The van der Waals surface area contributed by atoms with Crippen LogP contribution in [0.15, 0.2) is 78.9 Å². The van der Waals surface area contributed by atoms with Crippen LogP contribution in [0.1, 0.15) is 21.5 Å². The number of rotatable bonds is 2. The third-order valence-electron chi connectivity index (χ3n) is 5.39. The summed E-state index contributed by atoms with van der Waals surface area (Å²) in [6.45, 7) is 0. The van der Waals surface area contributed by atoms with E-state index in [1.165, 1.54) is 22.3 Å². The number of hydrogen-bond donors (Lipinski definition) is 2. The standard InChI is InChI=1S/C25H17ClN2OS/c26-23-10-4-7-20-21(23)8-3-9-22(20)24(29)28-25(30)27-17-11-12-19-16(14-17)13-15-5-1-2-6-18(15)19/h1-12,14H,13H2,(H2,27,28,29,30). The van der Waals surface area contributed by atoms with Gasteiger partial charge in [0.1, 0.15) is 0 Å². The van der Waals surface area contributed by atoms with Gasteiger partial charge in [-0.2, -0.15) is 0 Å². The van der Waals surface area contributed by atoms with E-state index in [9.17, 15) is 4.79 Å².